The van der Waals surface area contributed by atoms with Crippen LogP contribution >= 0.6 is 0 Å². The summed E-state index contributed by atoms with van der Waals surface area (Å²) in [6, 6.07) is 7.96. The Balaban J connectivity index is 1.66. The summed E-state index contributed by atoms with van der Waals surface area (Å²) in [6.07, 6.45) is 7.83. The molecule has 1 aliphatic rings. The number of nitrogens with two attached hydrogens (primary N) is 1. The fourth-order valence-corrected chi connectivity index (χ4v) is 4.50. The molecule has 6 heteroatoms. The van der Waals surface area contributed by atoms with Gasteiger partial charge in [-0.1, -0.05) is 44.2 Å². The van der Waals surface area contributed by atoms with Crippen molar-refractivity contribution < 1.29 is 13.6 Å². The quantitative estimate of drug-likeness (QED) is 0.581. The van der Waals surface area contributed by atoms with Crippen molar-refractivity contribution in [3.05, 3.63) is 81.3 Å². The minimum absolute atomic E-state index is 0.0793. The van der Waals surface area contributed by atoms with Crippen molar-refractivity contribution in [2.45, 2.75) is 44.6 Å². The molecule has 4 rings (SSSR count). The summed E-state index contributed by atoms with van der Waals surface area (Å²) in [5.74, 6) is -2.20. The fourth-order valence-electron chi connectivity index (χ4n) is 4.50. The van der Waals surface area contributed by atoms with Crippen molar-refractivity contribution >= 4 is 16.6 Å². The van der Waals surface area contributed by atoms with E-state index in [9.17, 15) is 18.4 Å². The van der Waals surface area contributed by atoms with Crippen LogP contribution in [0.1, 0.15) is 66.1 Å². The van der Waals surface area contributed by atoms with Crippen LogP contribution in [0.15, 0.2) is 47.4 Å². The van der Waals surface area contributed by atoms with Crippen LogP contribution in [0.25, 0.3) is 10.8 Å². The van der Waals surface area contributed by atoms with E-state index in [1.165, 1.54) is 49.7 Å². The number of fused-ring (bicyclic) bond motifs is 1. The molecule has 3 N–H and O–H groups in total. The molecule has 0 radical (unpaired) electrons. The summed E-state index contributed by atoms with van der Waals surface area (Å²) >= 11 is 0. The maximum absolute atomic E-state index is 14.9. The number of benzene rings is 2. The second-order valence-corrected chi connectivity index (χ2v) is 8.11. The van der Waals surface area contributed by atoms with Crippen molar-refractivity contribution in [3.8, 4) is 0 Å². The highest BCUT2D eigenvalue weighted by molar-refractivity contribution is 6.16. The molecule has 0 amide bonds. The van der Waals surface area contributed by atoms with Gasteiger partial charge in [0, 0.05) is 23.2 Å². The molecule has 0 aliphatic heterocycles. The minimum atomic E-state index is -0.934. The van der Waals surface area contributed by atoms with E-state index < -0.39 is 29.0 Å². The lowest BCUT2D eigenvalue weighted by molar-refractivity contribution is 0.103. The standard InChI is InChI=1S/C24H24F2N2O2/c25-19-12-15(21(27)11-14-5-2-1-3-6-14)13-20(26)22(19)23(29)17-7-4-8-18-16(17)9-10-28-24(18)30/h4,7-10,12-14,21H,1-3,5-6,11,27H2,(H,28,30). The number of nitrogens with one attached hydrogen (secondary N) is 1. The van der Waals surface area contributed by atoms with Gasteiger partial charge in [-0.05, 0) is 47.6 Å². The summed E-state index contributed by atoms with van der Waals surface area (Å²) in [6.45, 7) is 0. The highest BCUT2D eigenvalue weighted by Crippen LogP contribution is 2.32. The molecule has 1 aliphatic carbocycles. The van der Waals surface area contributed by atoms with Crippen molar-refractivity contribution in [2.75, 3.05) is 0 Å². The van der Waals surface area contributed by atoms with Gasteiger partial charge in [0.2, 0.25) is 0 Å². The molecule has 3 aromatic rings. The van der Waals surface area contributed by atoms with E-state index in [0.29, 0.717) is 23.3 Å². The molecular formula is C24H24F2N2O2. The van der Waals surface area contributed by atoms with Gasteiger partial charge in [-0.15, -0.1) is 0 Å². The monoisotopic (exact) mass is 410 g/mol. The van der Waals surface area contributed by atoms with Crippen molar-refractivity contribution in [1.82, 2.24) is 4.98 Å². The van der Waals surface area contributed by atoms with Crippen LogP contribution in [-0.2, 0) is 0 Å². The summed E-state index contributed by atoms with van der Waals surface area (Å²) in [5.41, 5.74) is 5.68. The predicted molar refractivity (Wildman–Crippen MR) is 112 cm³/mol. The Labute approximate surface area is 173 Å². The van der Waals surface area contributed by atoms with E-state index >= 15 is 0 Å². The zero-order chi connectivity index (χ0) is 21.3. The first-order valence-corrected chi connectivity index (χ1v) is 10.4. The Hall–Kier alpha value is -2.86. The van der Waals surface area contributed by atoms with Crippen molar-refractivity contribution in [3.63, 3.8) is 0 Å². The Morgan fingerprint density at radius 2 is 1.77 bits per heavy atom. The second-order valence-electron chi connectivity index (χ2n) is 8.11. The fraction of sp³-hybridized carbons (Fsp3) is 0.333. The molecule has 2 aromatic carbocycles. The summed E-state index contributed by atoms with van der Waals surface area (Å²) in [7, 11) is 0. The summed E-state index contributed by atoms with van der Waals surface area (Å²) in [4.78, 5) is 27.5. The summed E-state index contributed by atoms with van der Waals surface area (Å²) < 4.78 is 29.8. The number of carbonyl (C=O) groups excluding carboxylic acids is 1. The third-order valence-electron chi connectivity index (χ3n) is 6.09. The first-order valence-electron chi connectivity index (χ1n) is 10.4. The lowest BCUT2D eigenvalue weighted by atomic mass is 9.83. The Bertz CT molecular complexity index is 1130. The predicted octanol–water partition coefficient (Wildman–Crippen LogP) is 5.01. The van der Waals surface area contributed by atoms with Gasteiger partial charge in [-0.3, -0.25) is 9.59 Å². The minimum Gasteiger partial charge on any atom is -0.329 e. The van der Waals surface area contributed by atoms with Gasteiger partial charge < -0.3 is 10.7 Å². The zero-order valence-electron chi connectivity index (χ0n) is 16.6. The molecule has 1 unspecified atom stereocenters. The van der Waals surface area contributed by atoms with Gasteiger partial charge >= 0.3 is 0 Å². The number of H-pyrrole nitrogens is 1. The van der Waals surface area contributed by atoms with Gasteiger partial charge in [0.05, 0.1) is 5.56 Å². The van der Waals surface area contributed by atoms with Crippen LogP contribution in [0.5, 0.6) is 0 Å². The van der Waals surface area contributed by atoms with Crippen LogP contribution in [0.3, 0.4) is 0 Å². The number of aromatic nitrogens is 1. The number of halogens is 2. The number of ketones is 1. The largest absolute Gasteiger partial charge is 0.329 e. The summed E-state index contributed by atoms with van der Waals surface area (Å²) in [5, 5.41) is 0.637. The molecular weight excluding hydrogens is 386 g/mol. The molecule has 30 heavy (non-hydrogen) atoms. The van der Waals surface area contributed by atoms with Crippen molar-refractivity contribution in [1.29, 1.82) is 0 Å². The highest BCUT2D eigenvalue weighted by atomic mass is 19.1. The molecule has 1 aromatic heterocycles. The third kappa shape index (κ3) is 3.92. The molecule has 1 atom stereocenters. The molecule has 0 saturated heterocycles. The second kappa shape index (κ2) is 8.48. The van der Waals surface area contributed by atoms with Gasteiger partial charge in [-0.25, -0.2) is 8.78 Å². The number of rotatable bonds is 5. The maximum Gasteiger partial charge on any atom is 0.255 e. The molecule has 1 saturated carbocycles. The first kappa shape index (κ1) is 20.4. The van der Waals surface area contributed by atoms with E-state index in [-0.39, 0.29) is 16.5 Å². The lowest BCUT2D eigenvalue weighted by Crippen LogP contribution is -2.19. The third-order valence-corrected chi connectivity index (χ3v) is 6.09. The number of hydrogen-bond donors (Lipinski definition) is 2. The van der Waals surface area contributed by atoms with Gasteiger partial charge in [0.25, 0.3) is 5.56 Å². The molecule has 156 valence electrons. The van der Waals surface area contributed by atoms with Crippen LogP contribution in [0.4, 0.5) is 8.78 Å². The van der Waals surface area contributed by atoms with Crippen molar-refractivity contribution in [2.24, 2.45) is 11.7 Å². The molecule has 4 nitrogen and oxygen atoms in total. The smallest absolute Gasteiger partial charge is 0.255 e. The van der Waals surface area contributed by atoms with Crippen LogP contribution in [0, 0.1) is 17.6 Å². The molecule has 1 heterocycles. The zero-order valence-corrected chi connectivity index (χ0v) is 16.6. The van der Waals surface area contributed by atoms with Gasteiger partial charge in [0.15, 0.2) is 5.78 Å². The Kier molecular flexibility index (Phi) is 5.77. The number of hydrogen-bond acceptors (Lipinski definition) is 3. The Morgan fingerprint density at radius 3 is 2.47 bits per heavy atom. The van der Waals surface area contributed by atoms with E-state index in [1.807, 2.05) is 0 Å². The number of pyridine rings is 1. The highest BCUT2D eigenvalue weighted by Gasteiger charge is 2.24. The van der Waals surface area contributed by atoms with E-state index in [4.69, 9.17) is 5.73 Å². The molecule has 1 fully saturated rings. The number of aromatic amines is 1. The number of carbonyl (C=O) groups is 1. The average Bonchev–Trinajstić information content (AvgIpc) is 2.73. The molecule has 0 spiro atoms. The van der Waals surface area contributed by atoms with Crippen LogP contribution in [0.2, 0.25) is 0 Å². The first-order chi connectivity index (χ1) is 14.5. The van der Waals surface area contributed by atoms with Gasteiger partial charge in [-0.2, -0.15) is 0 Å². The SMILES string of the molecule is NC(CC1CCCCC1)c1cc(F)c(C(=O)c2cccc3c(=O)[nH]ccc23)c(F)c1. The average molecular weight is 410 g/mol. The normalized spacial score (nSPS) is 16.0. The van der Waals surface area contributed by atoms with E-state index in [1.54, 1.807) is 12.1 Å². The van der Waals surface area contributed by atoms with Gasteiger partial charge in [0.1, 0.15) is 11.6 Å². The van der Waals surface area contributed by atoms with Crippen LogP contribution in [-0.4, -0.2) is 10.8 Å². The topological polar surface area (TPSA) is 76.0 Å². The maximum atomic E-state index is 14.9. The van der Waals surface area contributed by atoms with E-state index in [2.05, 4.69) is 4.98 Å². The Morgan fingerprint density at radius 1 is 1.07 bits per heavy atom. The lowest BCUT2D eigenvalue weighted by Gasteiger charge is -2.25. The van der Waals surface area contributed by atoms with Crippen LogP contribution < -0.4 is 11.3 Å². The molecule has 0 bridgehead atoms. The van der Waals surface area contributed by atoms with E-state index in [0.717, 1.165) is 12.8 Å².